The highest BCUT2D eigenvalue weighted by Gasteiger charge is 2.16. The van der Waals surface area contributed by atoms with Crippen molar-refractivity contribution in [1.82, 2.24) is 5.32 Å². The second kappa shape index (κ2) is 6.41. The highest BCUT2D eigenvalue weighted by molar-refractivity contribution is 6.31. The number of amides is 1. The van der Waals surface area contributed by atoms with Crippen LogP contribution in [0.25, 0.3) is 0 Å². The molecule has 0 radical (unpaired) electrons. The molecule has 1 amide bonds. The average molecular weight is 280 g/mol. The molecule has 2 rings (SSSR count). The van der Waals surface area contributed by atoms with Crippen molar-refractivity contribution in [3.05, 3.63) is 59.0 Å². The highest BCUT2D eigenvalue weighted by Crippen LogP contribution is 2.24. The molecule has 0 aliphatic heterocycles. The minimum atomic E-state index is -0.299. The monoisotopic (exact) mass is 279 g/mol. The lowest BCUT2D eigenvalue weighted by molar-refractivity contribution is 0.0807. The zero-order valence-corrected chi connectivity index (χ0v) is 11.2. The number of hydrogen-bond donors (Lipinski definition) is 1. The molecule has 1 aromatic carbocycles. The van der Waals surface area contributed by atoms with E-state index >= 15 is 0 Å². The fourth-order valence-electron chi connectivity index (χ4n) is 1.74. The first kappa shape index (κ1) is 13.6. The Morgan fingerprint density at radius 2 is 2.16 bits per heavy atom. The van der Waals surface area contributed by atoms with Crippen LogP contribution in [0.1, 0.15) is 22.2 Å². The Bertz CT molecular complexity index is 539. The predicted octanol–water partition coefficient (Wildman–Crippen LogP) is 3.05. The number of rotatable bonds is 5. The van der Waals surface area contributed by atoms with Crippen LogP contribution in [0.4, 0.5) is 0 Å². The summed E-state index contributed by atoms with van der Waals surface area (Å²) in [5, 5.41) is 3.36. The van der Waals surface area contributed by atoms with Gasteiger partial charge in [0.1, 0.15) is 6.10 Å². The third-order valence-corrected chi connectivity index (χ3v) is 3.07. The van der Waals surface area contributed by atoms with Gasteiger partial charge in [0, 0.05) is 24.2 Å². The van der Waals surface area contributed by atoms with Crippen molar-refractivity contribution in [2.75, 3.05) is 13.7 Å². The Labute approximate surface area is 116 Å². The van der Waals surface area contributed by atoms with Crippen molar-refractivity contribution in [2.45, 2.75) is 6.10 Å². The Hall–Kier alpha value is -1.78. The summed E-state index contributed by atoms with van der Waals surface area (Å²) >= 11 is 6.10. The maximum absolute atomic E-state index is 11.7. The van der Waals surface area contributed by atoms with E-state index < -0.39 is 0 Å². The first-order valence-corrected chi connectivity index (χ1v) is 6.19. The van der Waals surface area contributed by atoms with E-state index in [-0.39, 0.29) is 17.8 Å². The van der Waals surface area contributed by atoms with E-state index in [1.165, 1.54) is 6.26 Å². The molecule has 5 heteroatoms. The number of carbonyl (C=O) groups is 1. The van der Waals surface area contributed by atoms with E-state index in [4.69, 9.17) is 20.8 Å². The largest absolute Gasteiger partial charge is 0.459 e. The Morgan fingerprint density at radius 3 is 2.79 bits per heavy atom. The van der Waals surface area contributed by atoms with Crippen molar-refractivity contribution in [1.29, 1.82) is 0 Å². The van der Waals surface area contributed by atoms with Crippen molar-refractivity contribution in [2.24, 2.45) is 0 Å². The van der Waals surface area contributed by atoms with Gasteiger partial charge in [-0.15, -0.1) is 0 Å². The lowest BCUT2D eigenvalue weighted by Crippen LogP contribution is -2.28. The average Bonchev–Trinajstić information content (AvgIpc) is 2.95. The van der Waals surface area contributed by atoms with Crippen LogP contribution in [0.2, 0.25) is 5.02 Å². The van der Waals surface area contributed by atoms with Crippen LogP contribution in [-0.2, 0) is 4.74 Å². The second-order valence-electron chi connectivity index (χ2n) is 3.93. The first-order valence-electron chi connectivity index (χ1n) is 5.81. The van der Waals surface area contributed by atoms with Gasteiger partial charge in [0.05, 0.1) is 6.26 Å². The van der Waals surface area contributed by atoms with E-state index in [9.17, 15) is 4.79 Å². The smallest absolute Gasteiger partial charge is 0.287 e. The zero-order valence-electron chi connectivity index (χ0n) is 10.4. The minimum Gasteiger partial charge on any atom is -0.459 e. The minimum absolute atomic E-state index is 0.272. The van der Waals surface area contributed by atoms with Gasteiger partial charge in [-0.3, -0.25) is 4.79 Å². The molecule has 1 N–H and O–H groups in total. The van der Waals surface area contributed by atoms with E-state index in [2.05, 4.69) is 5.32 Å². The van der Waals surface area contributed by atoms with Crippen LogP contribution < -0.4 is 5.32 Å². The third-order valence-electron chi connectivity index (χ3n) is 2.73. The SMILES string of the molecule is CO[C@H](CNC(=O)c1ccco1)c1ccccc1Cl. The van der Waals surface area contributed by atoms with Gasteiger partial charge in [-0.2, -0.15) is 0 Å². The van der Waals surface area contributed by atoms with Crippen molar-refractivity contribution in [3.63, 3.8) is 0 Å². The molecule has 0 spiro atoms. The number of carbonyl (C=O) groups excluding carboxylic acids is 1. The summed E-state index contributed by atoms with van der Waals surface area (Å²) in [4.78, 5) is 11.7. The second-order valence-corrected chi connectivity index (χ2v) is 4.34. The molecule has 0 aliphatic rings. The number of hydrogen-bond acceptors (Lipinski definition) is 3. The maximum Gasteiger partial charge on any atom is 0.287 e. The summed E-state index contributed by atoms with van der Waals surface area (Å²) in [6.07, 6.45) is 1.16. The van der Waals surface area contributed by atoms with Crippen LogP contribution in [0.5, 0.6) is 0 Å². The van der Waals surface area contributed by atoms with Crippen molar-refractivity contribution in [3.8, 4) is 0 Å². The number of halogens is 1. The van der Waals surface area contributed by atoms with Gasteiger partial charge in [-0.05, 0) is 18.2 Å². The lowest BCUT2D eigenvalue weighted by atomic mass is 10.1. The number of furan rings is 1. The van der Waals surface area contributed by atoms with Crippen LogP contribution in [0.15, 0.2) is 47.1 Å². The summed E-state index contributed by atoms with van der Waals surface area (Å²) < 4.78 is 10.4. The van der Waals surface area contributed by atoms with Gasteiger partial charge in [-0.25, -0.2) is 0 Å². The number of ether oxygens (including phenoxy) is 1. The predicted molar refractivity (Wildman–Crippen MR) is 72.2 cm³/mol. The number of benzene rings is 1. The van der Waals surface area contributed by atoms with E-state index in [1.807, 2.05) is 18.2 Å². The molecule has 1 atom stereocenters. The Kier molecular flexibility index (Phi) is 4.60. The van der Waals surface area contributed by atoms with Gasteiger partial charge in [0.2, 0.25) is 0 Å². The molecule has 0 saturated carbocycles. The van der Waals surface area contributed by atoms with Crippen molar-refractivity contribution >= 4 is 17.5 Å². The summed E-state index contributed by atoms with van der Waals surface area (Å²) in [6, 6.07) is 10.7. The molecule has 2 aromatic rings. The van der Waals surface area contributed by atoms with Crippen LogP contribution in [0, 0.1) is 0 Å². The van der Waals surface area contributed by atoms with Gasteiger partial charge in [-0.1, -0.05) is 29.8 Å². The summed E-state index contributed by atoms with van der Waals surface area (Å²) in [7, 11) is 1.58. The summed E-state index contributed by atoms with van der Waals surface area (Å²) in [5.74, 6) is -0.00637. The summed E-state index contributed by atoms with van der Waals surface area (Å²) in [6.45, 7) is 0.319. The third kappa shape index (κ3) is 3.36. The fraction of sp³-hybridized carbons (Fsp3) is 0.214. The normalized spacial score (nSPS) is 12.1. The molecule has 0 fully saturated rings. The molecule has 0 bridgehead atoms. The van der Waals surface area contributed by atoms with Crippen LogP contribution in [-0.4, -0.2) is 19.6 Å². The molecular formula is C14H14ClNO3. The molecule has 100 valence electrons. The highest BCUT2D eigenvalue weighted by atomic mass is 35.5. The first-order chi connectivity index (χ1) is 9.22. The molecule has 1 aromatic heterocycles. The van der Waals surface area contributed by atoms with Gasteiger partial charge >= 0.3 is 0 Å². The van der Waals surface area contributed by atoms with Crippen LogP contribution in [0.3, 0.4) is 0 Å². The Morgan fingerprint density at radius 1 is 1.37 bits per heavy atom. The van der Waals surface area contributed by atoms with Gasteiger partial charge in [0.15, 0.2) is 5.76 Å². The van der Waals surface area contributed by atoms with Crippen LogP contribution >= 0.6 is 11.6 Å². The lowest BCUT2D eigenvalue weighted by Gasteiger charge is -2.17. The number of methoxy groups -OCH3 is 1. The van der Waals surface area contributed by atoms with E-state index in [1.54, 1.807) is 25.3 Å². The molecule has 1 heterocycles. The number of nitrogens with one attached hydrogen (secondary N) is 1. The van der Waals surface area contributed by atoms with E-state index in [0.717, 1.165) is 5.56 Å². The zero-order chi connectivity index (χ0) is 13.7. The van der Waals surface area contributed by atoms with Gasteiger partial charge in [0.25, 0.3) is 5.91 Å². The molecular weight excluding hydrogens is 266 g/mol. The molecule has 0 aliphatic carbocycles. The van der Waals surface area contributed by atoms with E-state index in [0.29, 0.717) is 11.6 Å². The summed E-state index contributed by atoms with van der Waals surface area (Å²) in [5.41, 5.74) is 0.839. The standard InChI is InChI=1S/C14H14ClNO3/c1-18-13(10-5-2-3-6-11(10)15)9-16-14(17)12-7-4-8-19-12/h2-8,13H,9H2,1H3,(H,16,17)/t13-/m1/s1. The molecule has 0 unspecified atom stereocenters. The molecule has 4 nitrogen and oxygen atoms in total. The molecule has 19 heavy (non-hydrogen) atoms. The topological polar surface area (TPSA) is 51.5 Å². The fourth-order valence-corrected chi connectivity index (χ4v) is 1.99. The Balaban J connectivity index is 2.01. The molecule has 0 saturated heterocycles. The van der Waals surface area contributed by atoms with Crippen molar-refractivity contribution < 1.29 is 13.9 Å². The quantitative estimate of drug-likeness (QED) is 0.915. The van der Waals surface area contributed by atoms with Gasteiger partial charge < -0.3 is 14.5 Å². The maximum atomic E-state index is 11.7.